The number of anilines is 1. The van der Waals surface area contributed by atoms with Crippen molar-refractivity contribution in [1.29, 1.82) is 0 Å². The van der Waals surface area contributed by atoms with Crippen LogP contribution in [0.4, 0.5) is 11.4 Å². The number of methoxy groups -OCH3 is 1. The van der Waals surface area contributed by atoms with Crippen LogP contribution in [0.15, 0.2) is 47.4 Å². The zero-order valence-electron chi connectivity index (χ0n) is 11.3. The highest BCUT2D eigenvalue weighted by Crippen LogP contribution is 2.25. The van der Waals surface area contributed by atoms with Crippen LogP contribution >= 0.6 is 0 Å². The van der Waals surface area contributed by atoms with Gasteiger partial charge in [0.2, 0.25) is 0 Å². The highest BCUT2D eigenvalue weighted by atomic mass is 32.2. The number of non-ortho nitro benzene ring substituents is 1. The molecule has 0 aliphatic heterocycles. The predicted octanol–water partition coefficient (Wildman–Crippen LogP) is 2.49. The first kappa shape index (κ1) is 15.0. The lowest BCUT2D eigenvalue weighted by molar-refractivity contribution is -0.384. The van der Waals surface area contributed by atoms with E-state index in [2.05, 4.69) is 0 Å². The molecule has 0 spiro atoms. The molecule has 0 fully saturated rings. The molecule has 0 radical (unpaired) electrons. The van der Waals surface area contributed by atoms with Crippen molar-refractivity contribution < 1.29 is 13.9 Å². The van der Waals surface area contributed by atoms with Gasteiger partial charge in [0.25, 0.3) is 5.69 Å². The number of nitro benzene ring substituents is 1. The van der Waals surface area contributed by atoms with E-state index in [-0.39, 0.29) is 11.4 Å². The molecule has 0 aliphatic carbocycles. The summed E-state index contributed by atoms with van der Waals surface area (Å²) in [5.41, 5.74) is 6.98. The minimum absolute atomic E-state index is 0.0270. The van der Waals surface area contributed by atoms with Crippen molar-refractivity contribution in [3.8, 4) is 5.75 Å². The Morgan fingerprint density at radius 2 is 1.90 bits per heavy atom. The van der Waals surface area contributed by atoms with Crippen molar-refractivity contribution in [1.82, 2.24) is 0 Å². The van der Waals surface area contributed by atoms with E-state index in [1.165, 1.54) is 31.4 Å². The van der Waals surface area contributed by atoms with Crippen LogP contribution in [0.3, 0.4) is 0 Å². The van der Waals surface area contributed by atoms with Crippen molar-refractivity contribution in [3.05, 3.63) is 58.1 Å². The Hall–Kier alpha value is -2.41. The summed E-state index contributed by atoms with van der Waals surface area (Å²) in [7, 11) is 0.203. The summed E-state index contributed by atoms with van der Waals surface area (Å²) in [6.45, 7) is 0. The zero-order chi connectivity index (χ0) is 15.4. The molecule has 7 heteroatoms. The second-order valence-corrected chi connectivity index (χ2v) is 5.76. The van der Waals surface area contributed by atoms with Crippen LogP contribution in [-0.4, -0.2) is 16.2 Å². The predicted molar refractivity (Wildman–Crippen MR) is 80.6 cm³/mol. The maximum Gasteiger partial charge on any atom is 0.269 e. The molecule has 0 amide bonds. The van der Waals surface area contributed by atoms with Crippen LogP contribution in [0, 0.1) is 10.1 Å². The molecule has 1 atom stereocenters. The van der Waals surface area contributed by atoms with Gasteiger partial charge in [-0.15, -0.1) is 0 Å². The average molecular weight is 306 g/mol. The fraction of sp³-hybridized carbons (Fsp3) is 0.143. The van der Waals surface area contributed by atoms with Gasteiger partial charge in [0.1, 0.15) is 5.75 Å². The van der Waals surface area contributed by atoms with E-state index in [0.29, 0.717) is 16.3 Å². The van der Waals surface area contributed by atoms with Gasteiger partial charge in [-0.2, -0.15) is 0 Å². The minimum Gasteiger partial charge on any atom is -0.496 e. The number of ether oxygens (including phenoxy) is 1. The van der Waals surface area contributed by atoms with Gasteiger partial charge in [-0.25, -0.2) is 0 Å². The lowest BCUT2D eigenvalue weighted by Crippen LogP contribution is -2.00. The van der Waals surface area contributed by atoms with Gasteiger partial charge >= 0.3 is 0 Å². The molecule has 0 aromatic heterocycles. The highest BCUT2D eigenvalue weighted by Gasteiger charge is 2.12. The van der Waals surface area contributed by atoms with Crippen molar-refractivity contribution in [2.75, 3.05) is 12.8 Å². The van der Waals surface area contributed by atoms with Gasteiger partial charge < -0.3 is 10.5 Å². The molecule has 0 aliphatic rings. The summed E-state index contributed by atoms with van der Waals surface area (Å²) in [6, 6.07) is 10.8. The number of nitrogens with two attached hydrogens (primary N) is 1. The second-order valence-electron chi connectivity index (χ2n) is 4.31. The standard InChI is InChI=1S/C14H14N2O4S/c1-20-14-8-11(15)3-2-10(14)9-21(19)13-6-4-12(5-7-13)16(17)18/h2-8H,9,15H2,1H3. The number of benzene rings is 2. The SMILES string of the molecule is COc1cc(N)ccc1CS(=O)c1ccc([N+](=O)[O-])cc1. The summed E-state index contributed by atoms with van der Waals surface area (Å²) in [5, 5.41) is 10.6. The molecule has 2 aromatic rings. The summed E-state index contributed by atoms with van der Waals surface area (Å²) >= 11 is 0. The van der Waals surface area contributed by atoms with Gasteiger partial charge in [0.15, 0.2) is 0 Å². The van der Waals surface area contributed by atoms with Crippen LogP contribution in [0.2, 0.25) is 0 Å². The van der Waals surface area contributed by atoms with E-state index in [0.717, 1.165) is 5.56 Å². The smallest absolute Gasteiger partial charge is 0.269 e. The number of hydrogen-bond donors (Lipinski definition) is 1. The molecule has 2 N–H and O–H groups in total. The van der Waals surface area contributed by atoms with E-state index in [9.17, 15) is 14.3 Å². The zero-order valence-corrected chi connectivity index (χ0v) is 12.1. The number of nitrogen functional groups attached to an aromatic ring is 1. The summed E-state index contributed by atoms with van der Waals surface area (Å²) < 4.78 is 17.5. The normalized spacial score (nSPS) is 11.9. The van der Waals surface area contributed by atoms with E-state index in [4.69, 9.17) is 10.5 Å². The largest absolute Gasteiger partial charge is 0.496 e. The van der Waals surface area contributed by atoms with E-state index in [1.807, 2.05) is 0 Å². The highest BCUT2D eigenvalue weighted by molar-refractivity contribution is 7.84. The third kappa shape index (κ3) is 3.57. The van der Waals surface area contributed by atoms with Crippen LogP contribution in [0.25, 0.3) is 0 Å². The Morgan fingerprint density at radius 3 is 2.48 bits per heavy atom. The second kappa shape index (κ2) is 6.36. The van der Waals surface area contributed by atoms with Crippen molar-refractivity contribution >= 4 is 22.2 Å². The average Bonchev–Trinajstić information content (AvgIpc) is 2.49. The fourth-order valence-corrected chi connectivity index (χ4v) is 2.95. The molecular weight excluding hydrogens is 292 g/mol. The van der Waals surface area contributed by atoms with Crippen LogP contribution < -0.4 is 10.5 Å². The number of rotatable bonds is 5. The Balaban J connectivity index is 2.19. The Kier molecular flexibility index (Phi) is 4.54. The van der Waals surface area contributed by atoms with Gasteiger partial charge in [-0.3, -0.25) is 14.3 Å². The molecule has 110 valence electrons. The first-order valence-electron chi connectivity index (χ1n) is 6.06. The monoisotopic (exact) mass is 306 g/mol. The van der Waals surface area contributed by atoms with E-state index in [1.54, 1.807) is 18.2 Å². The molecule has 2 rings (SSSR count). The molecule has 1 unspecified atom stereocenters. The quantitative estimate of drug-likeness (QED) is 0.520. The molecule has 2 aromatic carbocycles. The van der Waals surface area contributed by atoms with E-state index < -0.39 is 15.7 Å². The Morgan fingerprint density at radius 1 is 1.24 bits per heavy atom. The first-order chi connectivity index (χ1) is 10.0. The molecule has 0 saturated carbocycles. The third-order valence-electron chi connectivity index (χ3n) is 2.91. The molecule has 6 nitrogen and oxygen atoms in total. The maximum atomic E-state index is 12.3. The number of nitrogens with zero attached hydrogens (tertiary/aromatic N) is 1. The van der Waals surface area contributed by atoms with Crippen molar-refractivity contribution in [2.24, 2.45) is 0 Å². The lowest BCUT2D eigenvalue weighted by atomic mass is 10.2. The lowest BCUT2D eigenvalue weighted by Gasteiger charge is -2.09. The summed E-state index contributed by atoms with van der Waals surface area (Å²) in [5.74, 6) is 0.826. The van der Waals surface area contributed by atoms with Gasteiger partial charge in [0.05, 0.1) is 28.6 Å². The fourth-order valence-electron chi connectivity index (χ4n) is 1.82. The van der Waals surface area contributed by atoms with Gasteiger partial charge in [-0.05, 0) is 18.2 Å². The van der Waals surface area contributed by atoms with Gasteiger partial charge in [0, 0.05) is 34.3 Å². The number of nitro groups is 1. The van der Waals surface area contributed by atoms with Crippen LogP contribution in [0.5, 0.6) is 5.75 Å². The maximum absolute atomic E-state index is 12.3. The van der Waals surface area contributed by atoms with Crippen molar-refractivity contribution in [3.63, 3.8) is 0 Å². The molecule has 0 bridgehead atoms. The molecule has 21 heavy (non-hydrogen) atoms. The van der Waals surface area contributed by atoms with Crippen LogP contribution in [0.1, 0.15) is 5.56 Å². The summed E-state index contributed by atoms with van der Waals surface area (Å²) in [6.07, 6.45) is 0. The summed E-state index contributed by atoms with van der Waals surface area (Å²) in [4.78, 5) is 10.6. The minimum atomic E-state index is -1.32. The first-order valence-corrected chi connectivity index (χ1v) is 7.38. The van der Waals surface area contributed by atoms with Gasteiger partial charge in [-0.1, -0.05) is 6.07 Å². The van der Waals surface area contributed by atoms with E-state index >= 15 is 0 Å². The third-order valence-corrected chi connectivity index (χ3v) is 4.28. The molecular formula is C14H14N2O4S. The molecule has 0 heterocycles. The number of hydrogen-bond acceptors (Lipinski definition) is 5. The topological polar surface area (TPSA) is 95.5 Å². The van der Waals surface area contributed by atoms with Crippen LogP contribution in [-0.2, 0) is 16.6 Å². The molecule has 0 saturated heterocycles. The Labute approximate surface area is 124 Å². The Bertz CT molecular complexity index is 686. The van der Waals surface area contributed by atoms with Crippen molar-refractivity contribution in [2.45, 2.75) is 10.6 Å².